The van der Waals surface area contributed by atoms with Gasteiger partial charge in [0, 0.05) is 16.0 Å². The SMILES string of the molecule is O=C(COC(=O)[C@@H]1[C@H]2C[C@H]3[C@H](OC(=O)[C@@H]31)[C@H]2Br)c1ccc(OC(=O)c2ccc(Br)cc2)cc1. The van der Waals surface area contributed by atoms with Crippen LogP contribution in [0.25, 0.3) is 0 Å². The Hall–Kier alpha value is -2.52. The van der Waals surface area contributed by atoms with Crippen molar-refractivity contribution in [1.82, 2.24) is 0 Å². The molecule has 1 saturated heterocycles. The number of hydrogen-bond donors (Lipinski definition) is 0. The van der Waals surface area contributed by atoms with Crippen molar-refractivity contribution in [2.75, 3.05) is 6.61 Å². The summed E-state index contributed by atoms with van der Waals surface area (Å²) >= 11 is 6.86. The van der Waals surface area contributed by atoms with Crippen LogP contribution in [0.1, 0.15) is 27.1 Å². The summed E-state index contributed by atoms with van der Waals surface area (Å²) < 4.78 is 16.9. The van der Waals surface area contributed by atoms with E-state index < -0.39 is 30.4 Å². The van der Waals surface area contributed by atoms with E-state index in [2.05, 4.69) is 31.9 Å². The number of rotatable bonds is 6. The van der Waals surface area contributed by atoms with Gasteiger partial charge in [0.15, 0.2) is 12.4 Å². The average molecular weight is 578 g/mol. The zero-order valence-electron chi connectivity index (χ0n) is 17.1. The molecule has 0 aromatic heterocycles. The van der Waals surface area contributed by atoms with Crippen LogP contribution in [0, 0.1) is 23.7 Å². The number of ether oxygens (including phenoxy) is 3. The van der Waals surface area contributed by atoms with E-state index >= 15 is 0 Å². The first-order valence-corrected chi connectivity index (χ1v) is 12.2. The third-order valence-corrected chi connectivity index (χ3v) is 8.34. The summed E-state index contributed by atoms with van der Waals surface area (Å²) in [5, 5.41) is 0. The van der Waals surface area contributed by atoms with Crippen molar-refractivity contribution in [2.24, 2.45) is 23.7 Å². The monoisotopic (exact) mass is 576 g/mol. The van der Waals surface area contributed by atoms with Gasteiger partial charge >= 0.3 is 17.9 Å². The van der Waals surface area contributed by atoms with Gasteiger partial charge in [-0.2, -0.15) is 0 Å². The van der Waals surface area contributed by atoms with Gasteiger partial charge in [0.2, 0.25) is 0 Å². The first-order chi connectivity index (χ1) is 15.8. The average Bonchev–Trinajstić information content (AvgIpc) is 3.42. The molecule has 2 aromatic carbocycles. The normalized spacial score (nSPS) is 29.0. The summed E-state index contributed by atoms with van der Waals surface area (Å²) in [7, 11) is 0. The minimum absolute atomic E-state index is 0.0289. The molecule has 6 atom stereocenters. The molecule has 1 aliphatic heterocycles. The fourth-order valence-corrected chi connectivity index (χ4v) is 6.38. The van der Waals surface area contributed by atoms with Crippen molar-refractivity contribution < 1.29 is 33.4 Å². The van der Waals surface area contributed by atoms with Crippen LogP contribution >= 0.6 is 31.9 Å². The van der Waals surface area contributed by atoms with Crippen LogP contribution in [0.3, 0.4) is 0 Å². The number of hydrogen-bond acceptors (Lipinski definition) is 7. The van der Waals surface area contributed by atoms with E-state index in [0.717, 1.165) is 10.9 Å². The molecular formula is C24H18Br2O7. The summed E-state index contributed by atoms with van der Waals surface area (Å²) in [4.78, 5) is 49.5. The molecular weight excluding hydrogens is 560 g/mol. The minimum atomic E-state index is -0.584. The van der Waals surface area contributed by atoms with Crippen molar-refractivity contribution in [2.45, 2.75) is 17.4 Å². The van der Waals surface area contributed by atoms with E-state index in [4.69, 9.17) is 14.2 Å². The molecule has 7 nitrogen and oxygen atoms in total. The number of Topliss-reactive ketones (excluding diaryl/α,β-unsaturated/α-hetero) is 1. The highest BCUT2D eigenvalue weighted by atomic mass is 79.9. The highest BCUT2D eigenvalue weighted by molar-refractivity contribution is 9.10. The number of carbonyl (C=O) groups is 4. The molecule has 3 aliphatic rings. The number of alkyl halides is 1. The van der Waals surface area contributed by atoms with Crippen LogP contribution in [0.15, 0.2) is 53.0 Å². The standard InChI is InChI=1S/C24H18Br2O7/c25-13-5-1-12(2-6-13)22(28)32-14-7-3-11(4-8-14)17(27)10-31-23(29)18-15-9-16-19(18)24(30)33-21(16)20(15)26/h1-8,15-16,18-21H,9-10H2/t15-,16-,18-,19+,20+,21+/m1/s1. The Kier molecular flexibility index (Phi) is 5.86. The van der Waals surface area contributed by atoms with E-state index in [0.29, 0.717) is 11.1 Å². The van der Waals surface area contributed by atoms with Gasteiger partial charge in [0.05, 0.1) is 22.2 Å². The van der Waals surface area contributed by atoms with Crippen LogP contribution in [0.2, 0.25) is 0 Å². The summed E-state index contributed by atoms with van der Waals surface area (Å²) in [5.74, 6) is -2.56. The molecule has 9 heteroatoms. The third-order valence-electron chi connectivity index (χ3n) is 6.61. The minimum Gasteiger partial charge on any atom is -0.461 e. The molecule has 0 N–H and O–H groups in total. The Bertz CT molecular complexity index is 1130. The largest absolute Gasteiger partial charge is 0.461 e. The Balaban J connectivity index is 1.17. The fraction of sp³-hybridized carbons (Fsp3) is 0.333. The van der Waals surface area contributed by atoms with Gasteiger partial charge in [-0.05, 0) is 60.9 Å². The summed E-state index contributed by atoms with van der Waals surface area (Å²) in [6.45, 7) is -0.428. The van der Waals surface area contributed by atoms with Crippen LogP contribution in [0.4, 0.5) is 0 Å². The number of esters is 3. The van der Waals surface area contributed by atoms with Crippen molar-refractivity contribution >= 4 is 55.6 Å². The van der Waals surface area contributed by atoms with Crippen LogP contribution in [-0.4, -0.2) is 41.2 Å². The summed E-state index contributed by atoms with van der Waals surface area (Å²) in [6, 6.07) is 12.8. The Labute approximate surface area is 206 Å². The van der Waals surface area contributed by atoms with E-state index in [1.165, 1.54) is 24.3 Å². The van der Waals surface area contributed by atoms with Gasteiger partial charge in [-0.15, -0.1) is 0 Å². The molecule has 2 bridgehead atoms. The predicted octanol–water partition coefficient (Wildman–Crippen LogP) is 3.97. The lowest BCUT2D eigenvalue weighted by atomic mass is 9.80. The zero-order chi connectivity index (χ0) is 23.3. The van der Waals surface area contributed by atoms with E-state index in [9.17, 15) is 19.2 Å². The molecule has 2 aromatic rings. The Morgan fingerprint density at radius 1 is 0.970 bits per heavy atom. The first kappa shape index (κ1) is 22.3. The van der Waals surface area contributed by atoms with E-state index in [1.807, 2.05) is 0 Å². The second kappa shape index (κ2) is 8.68. The fourth-order valence-electron chi connectivity index (χ4n) is 5.07. The lowest BCUT2D eigenvalue weighted by Crippen LogP contribution is -2.39. The second-order valence-corrected chi connectivity index (χ2v) is 10.4. The molecule has 5 rings (SSSR count). The van der Waals surface area contributed by atoms with Crippen molar-refractivity contribution in [3.8, 4) is 5.75 Å². The Morgan fingerprint density at radius 2 is 1.64 bits per heavy atom. The smallest absolute Gasteiger partial charge is 0.343 e. The second-order valence-electron chi connectivity index (χ2n) is 8.41. The van der Waals surface area contributed by atoms with Gasteiger partial charge < -0.3 is 14.2 Å². The maximum atomic E-state index is 12.7. The Morgan fingerprint density at radius 3 is 2.33 bits per heavy atom. The van der Waals surface area contributed by atoms with Gasteiger partial charge in [0.1, 0.15) is 11.9 Å². The maximum absolute atomic E-state index is 12.7. The lowest BCUT2D eigenvalue weighted by Gasteiger charge is -2.26. The number of benzene rings is 2. The third kappa shape index (κ3) is 4.01. The first-order valence-electron chi connectivity index (χ1n) is 10.5. The van der Waals surface area contributed by atoms with Crippen molar-refractivity contribution in [3.05, 3.63) is 64.1 Å². The molecule has 0 amide bonds. The van der Waals surface area contributed by atoms with Crippen molar-refractivity contribution in [3.63, 3.8) is 0 Å². The molecule has 0 spiro atoms. The summed E-state index contributed by atoms with van der Waals surface area (Å²) in [6.07, 6.45) is 0.570. The molecule has 0 radical (unpaired) electrons. The van der Waals surface area contributed by atoms with E-state index in [-0.39, 0.29) is 40.3 Å². The highest BCUT2D eigenvalue weighted by Gasteiger charge is 2.68. The van der Waals surface area contributed by atoms with Crippen molar-refractivity contribution in [1.29, 1.82) is 0 Å². The van der Waals surface area contributed by atoms with Crippen LogP contribution < -0.4 is 4.74 Å². The molecule has 170 valence electrons. The van der Waals surface area contributed by atoms with Gasteiger partial charge in [-0.3, -0.25) is 14.4 Å². The number of fused-ring (bicyclic) bond motifs is 1. The summed E-state index contributed by atoms with van der Waals surface area (Å²) in [5.41, 5.74) is 0.715. The molecule has 0 unspecified atom stereocenters. The highest BCUT2D eigenvalue weighted by Crippen LogP contribution is 2.60. The lowest BCUT2D eigenvalue weighted by molar-refractivity contribution is -0.154. The van der Waals surface area contributed by atoms with Crippen LogP contribution in [0.5, 0.6) is 5.75 Å². The number of carbonyl (C=O) groups excluding carboxylic acids is 4. The molecule has 3 fully saturated rings. The zero-order valence-corrected chi connectivity index (χ0v) is 20.3. The quantitative estimate of drug-likeness (QED) is 0.222. The predicted molar refractivity (Wildman–Crippen MR) is 122 cm³/mol. The molecule has 2 aliphatic carbocycles. The van der Waals surface area contributed by atoms with E-state index in [1.54, 1.807) is 24.3 Å². The maximum Gasteiger partial charge on any atom is 0.343 e. The van der Waals surface area contributed by atoms with Gasteiger partial charge in [-0.1, -0.05) is 31.9 Å². The topological polar surface area (TPSA) is 96.0 Å². The molecule has 2 saturated carbocycles. The molecule has 33 heavy (non-hydrogen) atoms. The van der Waals surface area contributed by atoms with Gasteiger partial charge in [0.25, 0.3) is 0 Å². The number of halogens is 2. The molecule has 1 heterocycles. The van der Waals surface area contributed by atoms with Gasteiger partial charge in [-0.25, -0.2) is 4.79 Å². The van der Waals surface area contributed by atoms with Crippen LogP contribution in [-0.2, 0) is 19.1 Å². The number of ketones is 1.